The normalized spacial score (nSPS) is 11.7. The van der Waals surface area contributed by atoms with E-state index in [0.717, 1.165) is 36.7 Å². The summed E-state index contributed by atoms with van der Waals surface area (Å²) in [5.74, 6) is 0.827. The fourth-order valence-corrected chi connectivity index (χ4v) is 3.26. The molecule has 0 bridgehead atoms. The zero-order chi connectivity index (χ0) is 19.9. The van der Waals surface area contributed by atoms with Crippen LogP contribution in [-0.4, -0.2) is 38.8 Å². The lowest BCUT2D eigenvalue weighted by Crippen LogP contribution is -2.38. The van der Waals surface area contributed by atoms with Crippen LogP contribution in [0.4, 0.5) is 0 Å². The molecule has 0 aliphatic rings. The predicted octanol–water partition coefficient (Wildman–Crippen LogP) is 3.05. The first-order valence-corrected chi connectivity index (χ1v) is 9.84. The minimum absolute atomic E-state index is 0.611. The molecule has 2 aromatic heterocycles. The van der Waals surface area contributed by atoms with Crippen molar-refractivity contribution in [2.24, 2.45) is 4.99 Å². The smallest absolute Gasteiger partial charge is 0.191 e. The van der Waals surface area contributed by atoms with Crippen LogP contribution in [0, 0.1) is 0 Å². The summed E-state index contributed by atoms with van der Waals surface area (Å²) in [5.41, 5.74) is 4.62. The molecule has 29 heavy (non-hydrogen) atoms. The molecule has 0 unspecified atom stereocenters. The Balaban J connectivity index is 1.35. The fraction of sp³-hybridized carbons (Fsp3) is 0.227. The van der Waals surface area contributed by atoms with Gasteiger partial charge in [-0.2, -0.15) is 5.10 Å². The van der Waals surface area contributed by atoms with E-state index < -0.39 is 0 Å². The summed E-state index contributed by atoms with van der Waals surface area (Å²) in [6, 6.07) is 16.6. The molecule has 4 aromatic rings. The number of nitrogens with zero attached hydrogens (tertiary/aromatic N) is 4. The van der Waals surface area contributed by atoms with Gasteiger partial charge in [0, 0.05) is 30.2 Å². The largest absolute Gasteiger partial charge is 0.361 e. The number of nitrogens with one attached hydrogen (secondary N) is 3. The van der Waals surface area contributed by atoms with Crippen molar-refractivity contribution in [2.45, 2.75) is 19.9 Å². The van der Waals surface area contributed by atoms with Gasteiger partial charge in [-0.25, -0.2) is 14.7 Å². The number of rotatable bonds is 7. The van der Waals surface area contributed by atoms with Gasteiger partial charge in [0.1, 0.15) is 12.7 Å². The zero-order valence-corrected chi connectivity index (χ0v) is 16.5. The van der Waals surface area contributed by atoms with E-state index in [1.807, 2.05) is 12.1 Å². The first kappa shape index (κ1) is 18.7. The van der Waals surface area contributed by atoms with Crippen molar-refractivity contribution in [2.75, 3.05) is 13.1 Å². The highest BCUT2D eigenvalue weighted by atomic mass is 15.3. The third-order valence-corrected chi connectivity index (χ3v) is 4.75. The Hall–Kier alpha value is -3.61. The molecule has 3 N–H and O–H groups in total. The number of aromatic nitrogens is 4. The molecule has 0 amide bonds. The molecule has 7 heteroatoms. The maximum Gasteiger partial charge on any atom is 0.191 e. The molecule has 7 nitrogen and oxygen atoms in total. The fourth-order valence-electron chi connectivity index (χ4n) is 3.26. The molecule has 0 aliphatic heterocycles. The number of benzene rings is 2. The average Bonchev–Trinajstić information content (AvgIpc) is 3.43. The number of hydrogen-bond acceptors (Lipinski definition) is 3. The van der Waals surface area contributed by atoms with Crippen molar-refractivity contribution in [3.63, 3.8) is 0 Å². The van der Waals surface area contributed by atoms with Crippen molar-refractivity contribution in [3.8, 4) is 5.69 Å². The maximum atomic E-state index is 4.71. The number of hydrogen-bond donors (Lipinski definition) is 3. The topological polar surface area (TPSA) is 82.9 Å². The molecule has 0 spiro atoms. The summed E-state index contributed by atoms with van der Waals surface area (Å²) in [6.07, 6.45) is 6.24. The summed E-state index contributed by atoms with van der Waals surface area (Å²) in [4.78, 5) is 12.0. The molecule has 2 aromatic carbocycles. The molecule has 0 aliphatic carbocycles. The summed E-state index contributed by atoms with van der Waals surface area (Å²) in [5, 5.41) is 12.2. The van der Waals surface area contributed by atoms with Gasteiger partial charge in [0.15, 0.2) is 5.96 Å². The second-order valence-electron chi connectivity index (χ2n) is 6.74. The van der Waals surface area contributed by atoms with Crippen molar-refractivity contribution >= 4 is 16.9 Å². The lowest BCUT2D eigenvalue weighted by Gasteiger charge is -2.11. The van der Waals surface area contributed by atoms with E-state index >= 15 is 0 Å². The van der Waals surface area contributed by atoms with Crippen LogP contribution in [0.25, 0.3) is 16.6 Å². The average molecular weight is 387 g/mol. The van der Waals surface area contributed by atoms with Crippen molar-refractivity contribution in [3.05, 3.63) is 78.5 Å². The standard InChI is InChI=1S/C22H25N7/c1-2-24-22(25-12-11-18-14-26-21-6-4-3-5-20(18)21)27-13-17-7-9-19(10-8-17)29-16-23-15-28-29/h3-10,14-16,26H,2,11-13H2,1H3,(H2,24,25,27). The Kier molecular flexibility index (Phi) is 5.85. The highest BCUT2D eigenvalue weighted by Crippen LogP contribution is 2.17. The Labute approximate surface area is 169 Å². The predicted molar refractivity (Wildman–Crippen MR) is 116 cm³/mol. The highest BCUT2D eigenvalue weighted by molar-refractivity contribution is 5.83. The van der Waals surface area contributed by atoms with Gasteiger partial charge in [-0.3, -0.25) is 0 Å². The van der Waals surface area contributed by atoms with Gasteiger partial charge in [-0.15, -0.1) is 0 Å². The maximum absolute atomic E-state index is 4.71. The van der Waals surface area contributed by atoms with Crippen molar-refractivity contribution < 1.29 is 0 Å². The molecule has 0 radical (unpaired) electrons. The lowest BCUT2D eigenvalue weighted by molar-refractivity contribution is 0.801. The SMILES string of the molecule is CCNC(=NCc1ccc(-n2cncn2)cc1)NCCc1c[nH]c2ccccc12. The number of aliphatic imine (C=N–C) groups is 1. The Morgan fingerprint density at radius 3 is 2.76 bits per heavy atom. The second kappa shape index (κ2) is 9.05. The van der Waals surface area contributed by atoms with Crippen LogP contribution in [0.5, 0.6) is 0 Å². The number of guanidine groups is 1. The Morgan fingerprint density at radius 1 is 1.10 bits per heavy atom. The van der Waals surface area contributed by atoms with E-state index in [1.165, 1.54) is 22.8 Å². The van der Waals surface area contributed by atoms with Crippen LogP contribution in [0.15, 0.2) is 72.4 Å². The minimum atomic E-state index is 0.611. The molecule has 4 rings (SSSR count). The van der Waals surface area contributed by atoms with Gasteiger partial charge in [-0.05, 0) is 42.7 Å². The summed E-state index contributed by atoms with van der Waals surface area (Å²) < 4.78 is 1.74. The molecule has 2 heterocycles. The van der Waals surface area contributed by atoms with Crippen LogP contribution in [0.2, 0.25) is 0 Å². The van der Waals surface area contributed by atoms with Gasteiger partial charge < -0.3 is 15.6 Å². The monoisotopic (exact) mass is 387 g/mol. The van der Waals surface area contributed by atoms with Crippen LogP contribution in [-0.2, 0) is 13.0 Å². The van der Waals surface area contributed by atoms with E-state index in [2.05, 4.69) is 75.2 Å². The van der Waals surface area contributed by atoms with Crippen molar-refractivity contribution in [1.82, 2.24) is 30.4 Å². The molecule has 0 saturated carbocycles. The first-order chi connectivity index (χ1) is 14.3. The number of fused-ring (bicyclic) bond motifs is 1. The van der Waals surface area contributed by atoms with Crippen LogP contribution in [0.1, 0.15) is 18.1 Å². The molecular weight excluding hydrogens is 362 g/mol. The molecule has 0 atom stereocenters. The number of para-hydroxylation sites is 1. The third kappa shape index (κ3) is 4.63. The van der Waals surface area contributed by atoms with Crippen LogP contribution < -0.4 is 10.6 Å². The molecular formula is C22H25N7. The zero-order valence-electron chi connectivity index (χ0n) is 16.5. The molecule has 0 fully saturated rings. The Morgan fingerprint density at radius 2 is 1.97 bits per heavy atom. The first-order valence-electron chi connectivity index (χ1n) is 9.84. The summed E-state index contributed by atoms with van der Waals surface area (Å²) >= 11 is 0. The van der Waals surface area contributed by atoms with E-state index in [0.29, 0.717) is 6.54 Å². The lowest BCUT2D eigenvalue weighted by atomic mass is 10.1. The van der Waals surface area contributed by atoms with Crippen LogP contribution in [0.3, 0.4) is 0 Å². The van der Waals surface area contributed by atoms with E-state index in [9.17, 15) is 0 Å². The molecule has 0 saturated heterocycles. The van der Waals surface area contributed by atoms with E-state index in [-0.39, 0.29) is 0 Å². The van der Waals surface area contributed by atoms with Gasteiger partial charge in [0.05, 0.1) is 12.2 Å². The van der Waals surface area contributed by atoms with E-state index in [1.54, 1.807) is 11.0 Å². The van der Waals surface area contributed by atoms with Crippen molar-refractivity contribution in [1.29, 1.82) is 0 Å². The Bertz CT molecular complexity index is 1060. The quantitative estimate of drug-likeness (QED) is 0.336. The van der Waals surface area contributed by atoms with Gasteiger partial charge in [0.25, 0.3) is 0 Å². The number of aromatic amines is 1. The van der Waals surface area contributed by atoms with Gasteiger partial charge >= 0.3 is 0 Å². The highest BCUT2D eigenvalue weighted by Gasteiger charge is 2.04. The summed E-state index contributed by atoms with van der Waals surface area (Å²) in [7, 11) is 0. The number of H-pyrrole nitrogens is 1. The summed E-state index contributed by atoms with van der Waals surface area (Å²) in [6.45, 7) is 4.33. The third-order valence-electron chi connectivity index (χ3n) is 4.75. The van der Waals surface area contributed by atoms with Gasteiger partial charge in [-0.1, -0.05) is 30.3 Å². The van der Waals surface area contributed by atoms with Gasteiger partial charge in [0.2, 0.25) is 0 Å². The second-order valence-corrected chi connectivity index (χ2v) is 6.74. The van der Waals surface area contributed by atoms with E-state index in [4.69, 9.17) is 4.99 Å². The molecule has 148 valence electrons. The van der Waals surface area contributed by atoms with Crippen LogP contribution >= 0.6 is 0 Å². The minimum Gasteiger partial charge on any atom is -0.361 e.